The summed E-state index contributed by atoms with van der Waals surface area (Å²) in [4.78, 5) is 3.29. The van der Waals surface area contributed by atoms with E-state index < -0.39 is 32.7 Å². The number of primary sulfonamides is 1. The molecule has 0 aliphatic carbocycles. The zero-order valence-corrected chi connectivity index (χ0v) is 8.13. The van der Waals surface area contributed by atoms with Crippen molar-refractivity contribution in [1.82, 2.24) is 4.98 Å². The number of anilines is 2. The van der Waals surface area contributed by atoms with Gasteiger partial charge in [0.15, 0.2) is 5.03 Å². The number of nitrogens with zero attached hydrogens (tertiary/aromatic N) is 1. The van der Waals surface area contributed by atoms with E-state index in [1.165, 1.54) is 0 Å². The van der Waals surface area contributed by atoms with Crippen LogP contribution in [-0.4, -0.2) is 13.4 Å². The summed E-state index contributed by atoms with van der Waals surface area (Å²) in [5.41, 5.74) is 8.94. The Morgan fingerprint density at radius 2 is 1.87 bits per heavy atom. The smallest absolute Gasteiger partial charge is 0.266 e. The highest BCUT2D eigenvalue weighted by atomic mass is 32.2. The molecule has 0 aliphatic rings. The fraction of sp³-hybridized carbons (Fsp3) is 0.167. The normalized spacial score (nSPS) is 12.0. The molecule has 0 spiro atoms. The first-order valence-corrected chi connectivity index (χ1v) is 5.15. The Bertz CT molecular complexity index is 488. The van der Waals surface area contributed by atoms with Crippen LogP contribution in [-0.2, 0) is 10.0 Å². The average molecular weight is 238 g/mol. The van der Waals surface area contributed by atoms with E-state index in [0.717, 1.165) is 6.07 Å². The second kappa shape index (κ2) is 3.59. The summed E-state index contributed by atoms with van der Waals surface area (Å²) in [5.74, 6) is -0.386. The zero-order chi connectivity index (χ0) is 11.8. The van der Waals surface area contributed by atoms with Crippen molar-refractivity contribution in [3.8, 4) is 0 Å². The topological polar surface area (TPSA) is 125 Å². The van der Waals surface area contributed by atoms with E-state index in [2.05, 4.69) is 4.98 Å². The van der Waals surface area contributed by atoms with Crippen LogP contribution in [0.2, 0.25) is 0 Å². The molecule has 0 amide bonds. The minimum atomic E-state index is -4.26. The number of rotatable bonds is 2. The van der Waals surface area contributed by atoms with Crippen LogP contribution in [0.15, 0.2) is 11.1 Å². The van der Waals surface area contributed by atoms with Gasteiger partial charge in [-0.15, -0.1) is 0 Å². The molecule has 9 heteroatoms. The molecule has 6 N–H and O–H groups in total. The summed E-state index contributed by atoms with van der Waals surface area (Å²) in [6, 6.07) is 0.800. The predicted octanol–water partition coefficient (Wildman–Crippen LogP) is -0.169. The molecule has 0 fully saturated rings. The Morgan fingerprint density at radius 1 is 1.33 bits per heavy atom. The molecule has 84 valence electrons. The van der Waals surface area contributed by atoms with Crippen molar-refractivity contribution < 1.29 is 17.2 Å². The Labute approximate surface area is 84.1 Å². The molecule has 0 atom stereocenters. The van der Waals surface area contributed by atoms with Gasteiger partial charge in [0.1, 0.15) is 5.82 Å². The molecule has 0 bridgehead atoms. The number of hydrogen-bond acceptors (Lipinski definition) is 5. The lowest BCUT2D eigenvalue weighted by Crippen LogP contribution is -2.18. The highest BCUT2D eigenvalue weighted by Crippen LogP contribution is 2.29. The van der Waals surface area contributed by atoms with E-state index in [1.807, 2.05) is 0 Å². The molecule has 0 aromatic carbocycles. The molecule has 0 saturated carbocycles. The lowest BCUT2D eigenvalue weighted by molar-refractivity contribution is 0.152. The molecular weight excluding hydrogens is 230 g/mol. The second-order valence-electron chi connectivity index (χ2n) is 2.70. The van der Waals surface area contributed by atoms with Crippen molar-refractivity contribution in [3.63, 3.8) is 0 Å². The number of nitrogens with two attached hydrogens (primary N) is 3. The van der Waals surface area contributed by atoms with Gasteiger partial charge in [-0.2, -0.15) is 0 Å². The number of nitrogen functional groups attached to an aromatic ring is 2. The molecular formula is C6H8F2N4O2S. The van der Waals surface area contributed by atoms with E-state index in [9.17, 15) is 17.2 Å². The van der Waals surface area contributed by atoms with Gasteiger partial charge in [0.05, 0.1) is 5.69 Å². The number of hydrogen-bond donors (Lipinski definition) is 3. The fourth-order valence-electron chi connectivity index (χ4n) is 0.968. The number of halogens is 2. The zero-order valence-electron chi connectivity index (χ0n) is 7.31. The molecule has 1 heterocycles. The van der Waals surface area contributed by atoms with Crippen molar-refractivity contribution >= 4 is 21.5 Å². The van der Waals surface area contributed by atoms with Crippen LogP contribution in [0.25, 0.3) is 0 Å². The minimum absolute atomic E-state index is 0.386. The minimum Gasteiger partial charge on any atom is -0.396 e. The summed E-state index contributed by atoms with van der Waals surface area (Å²) in [7, 11) is -4.26. The van der Waals surface area contributed by atoms with Gasteiger partial charge in [0.2, 0.25) is 0 Å². The van der Waals surface area contributed by atoms with E-state index in [1.54, 1.807) is 0 Å². The lowest BCUT2D eigenvalue weighted by atomic mass is 10.2. The van der Waals surface area contributed by atoms with Gasteiger partial charge in [0, 0.05) is 5.56 Å². The number of aromatic nitrogens is 1. The van der Waals surface area contributed by atoms with E-state index in [-0.39, 0.29) is 5.82 Å². The van der Waals surface area contributed by atoms with Gasteiger partial charge in [-0.3, -0.25) is 0 Å². The third kappa shape index (κ3) is 2.30. The number of alkyl halides is 2. The Hall–Kier alpha value is -1.48. The summed E-state index contributed by atoms with van der Waals surface area (Å²) in [6.07, 6.45) is -2.95. The molecule has 0 unspecified atom stereocenters. The van der Waals surface area contributed by atoms with Crippen molar-refractivity contribution in [2.45, 2.75) is 11.5 Å². The Morgan fingerprint density at radius 3 is 2.27 bits per heavy atom. The van der Waals surface area contributed by atoms with Crippen molar-refractivity contribution in [1.29, 1.82) is 0 Å². The lowest BCUT2D eigenvalue weighted by Gasteiger charge is -2.09. The van der Waals surface area contributed by atoms with Crippen molar-refractivity contribution in [2.24, 2.45) is 5.14 Å². The maximum Gasteiger partial charge on any atom is 0.266 e. The SMILES string of the molecule is Nc1cc(C(F)F)c(N)c(S(N)(=O)=O)n1. The second-order valence-corrected chi connectivity index (χ2v) is 4.18. The van der Waals surface area contributed by atoms with E-state index in [4.69, 9.17) is 16.6 Å². The van der Waals surface area contributed by atoms with Crippen LogP contribution in [0, 0.1) is 0 Å². The number of pyridine rings is 1. The maximum absolute atomic E-state index is 12.4. The van der Waals surface area contributed by atoms with Crippen LogP contribution < -0.4 is 16.6 Å². The predicted molar refractivity (Wildman–Crippen MR) is 49.4 cm³/mol. The molecule has 0 saturated heterocycles. The molecule has 15 heavy (non-hydrogen) atoms. The van der Waals surface area contributed by atoms with Crippen LogP contribution >= 0.6 is 0 Å². The van der Waals surface area contributed by atoms with Gasteiger partial charge in [-0.25, -0.2) is 27.3 Å². The van der Waals surface area contributed by atoms with E-state index >= 15 is 0 Å². The van der Waals surface area contributed by atoms with Crippen LogP contribution in [0.1, 0.15) is 12.0 Å². The van der Waals surface area contributed by atoms with Gasteiger partial charge >= 0.3 is 0 Å². The summed E-state index contributed by atoms with van der Waals surface area (Å²) >= 11 is 0. The molecule has 1 aromatic rings. The Balaban J connectivity index is 3.56. The maximum atomic E-state index is 12.4. The van der Waals surface area contributed by atoms with Gasteiger partial charge < -0.3 is 11.5 Å². The summed E-state index contributed by atoms with van der Waals surface area (Å²) in [5, 5.41) is 3.89. The first-order chi connectivity index (χ1) is 6.73. The summed E-state index contributed by atoms with van der Waals surface area (Å²) < 4.78 is 46.6. The van der Waals surface area contributed by atoms with Gasteiger partial charge in [-0.05, 0) is 6.07 Å². The van der Waals surface area contributed by atoms with Crippen LogP contribution in [0.3, 0.4) is 0 Å². The van der Waals surface area contributed by atoms with E-state index in [0.29, 0.717) is 0 Å². The third-order valence-corrected chi connectivity index (χ3v) is 2.43. The monoisotopic (exact) mass is 238 g/mol. The largest absolute Gasteiger partial charge is 0.396 e. The first kappa shape index (κ1) is 11.6. The third-order valence-electron chi connectivity index (χ3n) is 1.58. The quantitative estimate of drug-likeness (QED) is 0.659. The molecule has 1 rings (SSSR count). The van der Waals surface area contributed by atoms with Crippen LogP contribution in [0.4, 0.5) is 20.3 Å². The van der Waals surface area contributed by atoms with Crippen molar-refractivity contribution in [3.05, 3.63) is 11.6 Å². The molecule has 0 radical (unpaired) electrons. The molecule has 0 aliphatic heterocycles. The Kier molecular flexibility index (Phi) is 2.77. The molecule has 1 aromatic heterocycles. The van der Waals surface area contributed by atoms with Crippen molar-refractivity contribution in [2.75, 3.05) is 11.5 Å². The first-order valence-electron chi connectivity index (χ1n) is 3.60. The van der Waals surface area contributed by atoms with Gasteiger partial charge in [-0.1, -0.05) is 0 Å². The highest BCUT2D eigenvalue weighted by molar-refractivity contribution is 7.89. The highest BCUT2D eigenvalue weighted by Gasteiger charge is 2.22. The summed E-state index contributed by atoms with van der Waals surface area (Å²) in [6.45, 7) is 0. The average Bonchev–Trinajstić information content (AvgIpc) is 2.06. The van der Waals surface area contributed by atoms with Crippen LogP contribution in [0.5, 0.6) is 0 Å². The number of sulfonamides is 1. The van der Waals surface area contributed by atoms with Gasteiger partial charge in [0.25, 0.3) is 16.4 Å². The molecule has 6 nitrogen and oxygen atoms in total. The standard InChI is InChI=1S/C6H8F2N4O2S/c7-5(8)2-1-3(9)12-6(4(2)10)15(11,13)14/h1,5H,10H2,(H2,9,12)(H2,11,13,14). The fourth-order valence-corrected chi connectivity index (χ4v) is 1.62.